The van der Waals surface area contributed by atoms with Crippen LogP contribution in [-0.2, 0) is 25.9 Å². The number of carbonyl (C=O) groups excluding carboxylic acids is 4. The molecule has 3 aromatic heterocycles. The quantitative estimate of drug-likeness (QED) is 0.0693. The maximum absolute atomic E-state index is 13.0. The van der Waals surface area contributed by atoms with Crippen LogP contribution in [0.15, 0.2) is 30.7 Å². The van der Waals surface area contributed by atoms with Gasteiger partial charge in [0, 0.05) is 52.7 Å². The number of unbranched alkanes of at least 4 members (excludes halogenated alkanes) is 2. The maximum atomic E-state index is 13.0. The highest BCUT2D eigenvalue weighted by Crippen LogP contribution is 2.19. The average Bonchev–Trinajstić information content (AvgIpc) is 3.68. The Morgan fingerprint density at radius 2 is 1.38 bits per heavy atom. The van der Waals surface area contributed by atoms with Gasteiger partial charge in [-0.3, -0.25) is 24.5 Å². The lowest BCUT2D eigenvalue weighted by Gasteiger charge is -2.12. The summed E-state index contributed by atoms with van der Waals surface area (Å²) in [7, 11) is 5.00. The number of aliphatic hydroxyl groups excluding tert-OH is 2. The maximum Gasteiger partial charge on any atom is 0.291 e. The van der Waals surface area contributed by atoms with E-state index in [-0.39, 0.29) is 42.0 Å². The van der Waals surface area contributed by atoms with Gasteiger partial charge in [0.25, 0.3) is 17.7 Å². The first kappa shape index (κ1) is 37.0. The number of aryl methyl sites for hydroxylation is 3. The Morgan fingerprint density at radius 3 is 2.02 bits per heavy atom. The number of hydrogen-bond acceptors (Lipinski definition) is 9. The van der Waals surface area contributed by atoms with Crippen LogP contribution < -0.4 is 26.6 Å². The molecule has 258 valence electrons. The molecule has 0 radical (unpaired) electrons. The van der Waals surface area contributed by atoms with Crippen molar-refractivity contribution < 1.29 is 34.5 Å². The van der Waals surface area contributed by atoms with Crippen LogP contribution in [-0.4, -0.2) is 83.2 Å². The summed E-state index contributed by atoms with van der Waals surface area (Å²) in [6.07, 6.45) is 7.09. The third kappa shape index (κ3) is 11.7. The third-order valence-corrected chi connectivity index (χ3v) is 7.30. The van der Waals surface area contributed by atoms with E-state index in [9.17, 15) is 24.3 Å². The fourth-order valence-electron chi connectivity index (χ4n) is 4.82. The van der Waals surface area contributed by atoms with E-state index >= 15 is 0 Å². The van der Waals surface area contributed by atoms with Crippen LogP contribution in [0.1, 0.15) is 89.9 Å². The van der Waals surface area contributed by atoms with Crippen LogP contribution in [0, 0.1) is 0 Å². The van der Waals surface area contributed by atoms with Gasteiger partial charge in [0.15, 0.2) is 12.1 Å². The normalized spacial score (nSPS) is 11.8. The number of nitrogens with zero attached hydrogens (tertiary/aromatic N) is 4. The fraction of sp³-hybridized carbons (Fsp3) is 0.516. The number of hydrogen-bond donors (Lipinski definition) is 8. The van der Waals surface area contributed by atoms with Crippen LogP contribution >= 0.6 is 0 Å². The predicted octanol–water partition coefficient (Wildman–Crippen LogP) is 1.63. The number of carbonyl (C=O) groups is 4. The summed E-state index contributed by atoms with van der Waals surface area (Å²) in [5.41, 5.74) is 1.51. The van der Waals surface area contributed by atoms with Crippen molar-refractivity contribution in [2.45, 2.75) is 70.8 Å². The Labute approximate surface area is 273 Å². The molecule has 0 aliphatic heterocycles. The average molecular weight is 658 g/mol. The van der Waals surface area contributed by atoms with E-state index in [0.29, 0.717) is 49.4 Å². The molecular weight excluding hydrogens is 610 g/mol. The molecule has 16 nitrogen and oxygen atoms in total. The largest absolute Gasteiger partial charge is 0.379 e. The number of imidazole rings is 1. The molecule has 0 aliphatic carbocycles. The van der Waals surface area contributed by atoms with E-state index in [1.165, 1.54) is 16.8 Å². The van der Waals surface area contributed by atoms with Crippen molar-refractivity contribution in [1.29, 1.82) is 0 Å². The smallest absolute Gasteiger partial charge is 0.291 e. The van der Waals surface area contributed by atoms with Gasteiger partial charge in [0.1, 0.15) is 17.6 Å². The molecule has 3 aromatic rings. The summed E-state index contributed by atoms with van der Waals surface area (Å²) in [4.78, 5) is 55.2. The summed E-state index contributed by atoms with van der Waals surface area (Å²) in [6, 6.07) is 3.12. The fourth-order valence-corrected chi connectivity index (χ4v) is 4.82. The molecule has 0 saturated heterocycles. The minimum atomic E-state index is -1.40. The van der Waals surface area contributed by atoms with E-state index in [4.69, 9.17) is 10.2 Å². The van der Waals surface area contributed by atoms with Gasteiger partial charge in [-0.15, -0.1) is 0 Å². The SMILES string of the molecule is CCCCCNC(=O)c1cc(NC(=O)c2cc(NC(=O)c3nc(NC(=O)CCCNC(O)CCCC(O)O)cn3C)cn2C)cn1C. The Kier molecular flexibility index (Phi) is 14.1. The Bertz CT molecular complexity index is 1510. The van der Waals surface area contributed by atoms with Crippen molar-refractivity contribution in [2.75, 3.05) is 29.0 Å². The van der Waals surface area contributed by atoms with Crippen molar-refractivity contribution >= 4 is 40.8 Å². The molecular formula is C31H47N9O7. The van der Waals surface area contributed by atoms with Crippen LogP contribution in [0.3, 0.4) is 0 Å². The summed E-state index contributed by atoms with van der Waals surface area (Å²) in [5.74, 6) is -1.27. The van der Waals surface area contributed by atoms with Gasteiger partial charge < -0.3 is 50.3 Å². The Balaban J connectivity index is 1.49. The highest BCUT2D eigenvalue weighted by Gasteiger charge is 2.20. The summed E-state index contributed by atoms with van der Waals surface area (Å²) in [5, 5.41) is 41.5. The standard InChI is InChI=1S/C31H47N9O7/c1-5-6-7-13-33-29(45)22-15-20(17-38(22)2)34-30(46)23-16-21(18-39(23)3)35-31(47)28-37-24(19-40(28)4)36-26(42)11-9-14-32-25(41)10-8-12-27(43)44/h15-19,25,27,32,41,43-44H,5-14H2,1-4H3,(H,33,45)(H,34,46)(H,35,47)(H,36,42). The zero-order valence-corrected chi connectivity index (χ0v) is 27.4. The molecule has 0 bridgehead atoms. The lowest BCUT2D eigenvalue weighted by molar-refractivity contribution is -0.116. The molecule has 16 heteroatoms. The monoisotopic (exact) mass is 657 g/mol. The van der Waals surface area contributed by atoms with Crippen LogP contribution in [0.2, 0.25) is 0 Å². The minimum absolute atomic E-state index is 0.0396. The first-order chi connectivity index (χ1) is 22.4. The van der Waals surface area contributed by atoms with Crippen molar-refractivity contribution in [3.05, 3.63) is 47.9 Å². The highest BCUT2D eigenvalue weighted by molar-refractivity contribution is 6.07. The second-order valence-corrected chi connectivity index (χ2v) is 11.4. The first-order valence-electron chi connectivity index (χ1n) is 15.7. The van der Waals surface area contributed by atoms with E-state index < -0.39 is 24.3 Å². The van der Waals surface area contributed by atoms with Gasteiger partial charge in [-0.25, -0.2) is 4.98 Å². The number of aliphatic hydroxyl groups is 3. The van der Waals surface area contributed by atoms with Gasteiger partial charge >= 0.3 is 0 Å². The van der Waals surface area contributed by atoms with E-state index in [2.05, 4.69) is 38.5 Å². The zero-order chi connectivity index (χ0) is 34.5. The minimum Gasteiger partial charge on any atom is -0.379 e. The van der Waals surface area contributed by atoms with Crippen LogP contribution in [0.4, 0.5) is 17.2 Å². The molecule has 8 N–H and O–H groups in total. The number of aromatic nitrogens is 4. The molecule has 3 rings (SSSR count). The summed E-state index contributed by atoms with van der Waals surface area (Å²) < 4.78 is 4.67. The Morgan fingerprint density at radius 1 is 0.745 bits per heavy atom. The molecule has 0 aliphatic rings. The lowest BCUT2D eigenvalue weighted by Crippen LogP contribution is -2.30. The second kappa shape index (κ2) is 18.0. The van der Waals surface area contributed by atoms with E-state index in [1.807, 2.05) is 0 Å². The molecule has 3 heterocycles. The van der Waals surface area contributed by atoms with Gasteiger partial charge in [0.05, 0.1) is 11.4 Å². The number of amides is 4. The number of nitrogens with one attached hydrogen (secondary N) is 5. The van der Waals surface area contributed by atoms with Gasteiger partial charge in [-0.2, -0.15) is 0 Å². The van der Waals surface area contributed by atoms with Crippen molar-refractivity contribution in [3.63, 3.8) is 0 Å². The van der Waals surface area contributed by atoms with Gasteiger partial charge in [0.2, 0.25) is 11.7 Å². The van der Waals surface area contributed by atoms with Crippen LogP contribution in [0.5, 0.6) is 0 Å². The van der Waals surface area contributed by atoms with Gasteiger partial charge in [-0.1, -0.05) is 19.8 Å². The van der Waals surface area contributed by atoms with E-state index in [0.717, 1.165) is 19.3 Å². The molecule has 1 unspecified atom stereocenters. The zero-order valence-electron chi connectivity index (χ0n) is 27.4. The van der Waals surface area contributed by atoms with E-state index in [1.54, 1.807) is 48.7 Å². The Hall–Kier alpha value is -4.51. The highest BCUT2D eigenvalue weighted by atomic mass is 16.5. The molecule has 0 fully saturated rings. The van der Waals surface area contributed by atoms with Gasteiger partial charge in [-0.05, 0) is 50.8 Å². The summed E-state index contributed by atoms with van der Waals surface area (Å²) in [6.45, 7) is 3.06. The lowest BCUT2D eigenvalue weighted by atomic mass is 10.2. The predicted molar refractivity (Wildman–Crippen MR) is 176 cm³/mol. The van der Waals surface area contributed by atoms with Crippen molar-refractivity contribution in [3.8, 4) is 0 Å². The first-order valence-corrected chi connectivity index (χ1v) is 15.7. The molecule has 4 amide bonds. The molecule has 47 heavy (non-hydrogen) atoms. The van der Waals surface area contributed by atoms with Crippen LogP contribution in [0.25, 0.3) is 0 Å². The van der Waals surface area contributed by atoms with Crippen molar-refractivity contribution in [1.82, 2.24) is 29.3 Å². The number of anilines is 3. The second-order valence-electron chi connectivity index (χ2n) is 11.4. The topological polar surface area (TPSA) is 217 Å². The summed E-state index contributed by atoms with van der Waals surface area (Å²) >= 11 is 0. The molecule has 1 atom stereocenters. The third-order valence-electron chi connectivity index (χ3n) is 7.30. The molecule has 0 saturated carbocycles. The molecule has 0 spiro atoms. The van der Waals surface area contributed by atoms with Crippen molar-refractivity contribution in [2.24, 2.45) is 21.1 Å². The molecule has 0 aromatic carbocycles. The number of rotatable bonds is 19.